The maximum absolute atomic E-state index is 12.8. The van der Waals surface area contributed by atoms with E-state index in [4.69, 9.17) is 4.74 Å². The normalized spacial score (nSPS) is 23.3. The number of rotatable bonds is 4. The van der Waals surface area contributed by atoms with E-state index in [1.807, 2.05) is 25.1 Å². The lowest BCUT2D eigenvalue weighted by molar-refractivity contribution is -0.121. The van der Waals surface area contributed by atoms with Crippen molar-refractivity contribution in [2.45, 2.75) is 31.9 Å². The SMILES string of the molecule is COC(C)CN1C(=O)C(C2CC2)NC(=O)c2ccccc21. The Labute approximate surface area is 124 Å². The molecular weight excluding hydrogens is 268 g/mol. The van der Waals surface area contributed by atoms with Gasteiger partial charge in [0.05, 0.1) is 23.9 Å². The van der Waals surface area contributed by atoms with Gasteiger partial charge in [-0.2, -0.15) is 0 Å². The molecule has 0 spiro atoms. The molecule has 2 amide bonds. The monoisotopic (exact) mass is 288 g/mol. The van der Waals surface area contributed by atoms with E-state index in [1.165, 1.54) is 0 Å². The Bertz CT molecular complexity index is 568. The third-order valence-electron chi connectivity index (χ3n) is 4.19. The summed E-state index contributed by atoms with van der Waals surface area (Å²) in [7, 11) is 1.63. The first-order chi connectivity index (χ1) is 10.1. The number of amides is 2. The average Bonchev–Trinajstić information content (AvgIpc) is 3.33. The minimum absolute atomic E-state index is 0.0281. The first kappa shape index (κ1) is 14.1. The molecule has 0 radical (unpaired) electrons. The van der Waals surface area contributed by atoms with Crippen molar-refractivity contribution in [1.29, 1.82) is 0 Å². The molecule has 1 saturated carbocycles. The van der Waals surface area contributed by atoms with Crippen LogP contribution in [0.2, 0.25) is 0 Å². The van der Waals surface area contributed by atoms with Gasteiger partial charge in [-0.15, -0.1) is 0 Å². The van der Waals surface area contributed by atoms with Gasteiger partial charge in [0.15, 0.2) is 0 Å². The lowest BCUT2D eigenvalue weighted by atomic mass is 10.1. The highest BCUT2D eigenvalue weighted by Crippen LogP contribution is 2.36. The van der Waals surface area contributed by atoms with E-state index in [0.717, 1.165) is 12.8 Å². The van der Waals surface area contributed by atoms with Crippen molar-refractivity contribution >= 4 is 17.5 Å². The number of carbonyl (C=O) groups is 2. The van der Waals surface area contributed by atoms with Crippen LogP contribution in [0.4, 0.5) is 5.69 Å². The molecule has 0 bridgehead atoms. The average molecular weight is 288 g/mol. The molecule has 2 unspecified atom stereocenters. The fourth-order valence-electron chi connectivity index (χ4n) is 2.74. The summed E-state index contributed by atoms with van der Waals surface area (Å²) in [6.45, 7) is 2.37. The van der Waals surface area contributed by atoms with Crippen molar-refractivity contribution < 1.29 is 14.3 Å². The number of hydrogen-bond donors (Lipinski definition) is 1. The quantitative estimate of drug-likeness (QED) is 0.915. The molecule has 3 rings (SSSR count). The Balaban J connectivity index is 2.00. The van der Waals surface area contributed by atoms with Gasteiger partial charge in [0.2, 0.25) is 5.91 Å². The topological polar surface area (TPSA) is 58.6 Å². The van der Waals surface area contributed by atoms with E-state index in [-0.39, 0.29) is 23.8 Å². The predicted octanol–water partition coefficient (Wildman–Crippen LogP) is 1.58. The van der Waals surface area contributed by atoms with Crippen molar-refractivity contribution in [3.63, 3.8) is 0 Å². The van der Waals surface area contributed by atoms with Gasteiger partial charge in [0.1, 0.15) is 6.04 Å². The molecule has 2 atom stereocenters. The fourth-order valence-corrected chi connectivity index (χ4v) is 2.74. The predicted molar refractivity (Wildman–Crippen MR) is 79.2 cm³/mol. The molecule has 1 aliphatic carbocycles. The number of methoxy groups -OCH3 is 1. The van der Waals surface area contributed by atoms with Gasteiger partial charge >= 0.3 is 0 Å². The minimum atomic E-state index is -0.408. The Morgan fingerprint density at radius 1 is 1.33 bits per heavy atom. The highest BCUT2D eigenvalue weighted by atomic mass is 16.5. The lowest BCUT2D eigenvalue weighted by Gasteiger charge is -2.27. The molecule has 112 valence electrons. The van der Waals surface area contributed by atoms with Gasteiger partial charge in [-0.1, -0.05) is 12.1 Å². The summed E-state index contributed by atoms with van der Waals surface area (Å²) in [6.07, 6.45) is 1.91. The number of nitrogens with zero attached hydrogens (tertiary/aromatic N) is 1. The molecule has 1 aliphatic heterocycles. The van der Waals surface area contributed by atoms with Crippen LogP contribution < -0.4 is 10.2 Å². The second kappa shape index (κ2) is 5.48. The van der Waals surface area contributed by atoms with Crippen molar-refractivity contribution in [2.75, 3.05) is 18.6 Å². The van der Waals surface area contributed by atoms with Gasteiger partial charge in [0.25, 0.3) is 5.91 Å². The molecule has 1 N–H and O–H groups in total. The Morgan fingerprint density at radius 2 is 2.05 bits per heavy atom. The third kappa shape index (κ3) is 2.65. The Kier molecular flexibility index (Phi) is 3.68. The summed E-state index contributed by atoms with van der Waals surface area (Å²) in [5.41, 5.74) is 1.23. The molecule has 1 aromatic rings. The first-order valence-electron chi connectivity index (χ1n) is 7.36. The van der Waals surface area contributed by atoms with Gasteiger partial charge in [-0.05, 0) is 37.8 Å². The number of anilines is 1. The van der Waals surface area contributed by atoms with Crippen LogP contribution in [0, 0.1) is 5.92 Å². The zero-order valence-corrected chi connectivity index (χ0v) is 12.3. The summed E-state index contributed by atoms with van der Waals surface area (Å²) >= 11 is 0. The van der Waals surface area contributed by atoms with Crippen LogP contribution in [0.25, 0.3) is 0 Å². The number of benzene rings is 1. The van der Waals surface area contributed by atoms with Crippen LogP contribution in [0.15, 0.2) is 24.3 Å². The smallest absolute Gasteiger partial charge is 0.254 e. The van der Waals surface area contributed by atoms with E-state index in [1.54, 1.807) is 18.1 Å². The molecule has 2 aliphatic rings. The number of fused-ring (bicyclic) bond motifs is 1. The van der Waals surface area contributed by atoms with E-state index >= 15 is 0 Å². The summed E-state index contributed by atoms with van der Waals surface area (Å²) in [5.74, 6) is 0.0826. The Hall–Kier alpha value is -1.88. The zero-order chi connectivity index (χ0) is 15.0. The van der Waals surface area contributed by atoms with E-state index in [2.05, 4.69) is 5.32 Å². The summed E-state index contributed by atoms with van der Waals surface area (Å²) in [5, 5.41) is 2.90. The molecule has 5 heteroatoms. The standard InChI is InChI=1S/C16H20N2O3/c1-10(21-2)9-18-13-6-4-3-5-12(13)15(19)17-14(16(18)20)11-7-8-11/h3-6,10-11,14H,7-9H2,1-2H3,(H,17,19). The van der Waals surface area contributed by atoms with Gasteiger partial charge in [0, 0.05) is 7.11 Å². The van der Waals surface area contributed by atoms with Crippen molar-refractivity contribution in [1.82, 2.24) is 5.32 Å². The Morgan fingerprint density at radius 3 is 2.71 bits per heavy atom. The van der Waals surface area contributed by atoms with Crippen molar-refractivity contribution in [3.05, 3.63) is 29.8 Å². The van der Waals surface area contributed by atoms with Crippen LogP contribution >= 0.6 is 0 Å². The summed E-state index contributed by atoms with van der Waals surface area (Å²) < 4.78 is 5.30. The number of nitrogens with one attached hydrogen (secondary N) is 1. The van der Waals surface area contributed by atoms with Gasteiger partial charge < -0.3 is 15.0 Å². The lowest BCUT2D eigenvalue weighted by Crippen LogP contribution is -2.49. The highest BCUT2D eigenvalue weighted by Gasteiger charge is 2.42. The molecule has 1 heterocycles. The van der Waals surface area contributed by atoms with Crippen LogP contribution in [-0.4, -0.2) is 37.6 Å². The van der Waals surface area contributed by atoms with Crippen molar-refractivity contribution in [3.8, 4) is 0 Å². The number of carbonyl (C=O) groups excluding carboxylic acids is 2. The molecule has 5 nitrogen and oxygen atoms in total. The number of ether oxygens (including phenoxy) is 1. The fraction of sp³-hybridized carbons (Fsp3) is 0.500. The minimum Gasteiger partial charge on any atom is -0.380 e. The maximum atomic E-state index is 12.8. The maximum Gasteiger partial charge on any atom is 0.254 e. The van der Waals surface area contributed by atoms with Gasteiger partial charge in [-0.3, -0.25) is 9.59 Å². The van der Waals surface area contributed by atoms with E-state index in [0.29, 0.717) is 17.8 Å². The third-order valence-corrected chi connectivity index (χ3v) is 4.19. The van der Waals surface area contributed by atoms with E-state index in [9.17, 15) is 9.59 Å². The second-order valence-corrected chi connectivity index (χ2v) is 5.80. The highest BCUT2D eigenvalue weighted by molar-refractivity contribution is 6.11. The van der Waals surface area contributed by atoms with E-state index < -0.39 is 6.04 Å². The molecule has 0 saturated heterocycles. The summed E-state index contributed by atoms with van der Waals surface area (Å²) in [6, 6.07) is 6.84. The molecule has 1 fully saturated rings. The first-order valence-corrected chi connectivity index (χ1v) is 7.36. The van der Waals surface area contributed by atoms with Crippen LogP contribution in [0.5, 0.6) is 0 Å². The molecular formula is C16H20N2O3. The van der Waals surface area contributed by atoms with Gasteiger partial charge in [-0.25, -0.2) is 0 Å². The second-order valence-electron chi connectivity index (χ2n) is 5.80. The molecule has 1 aromatic carbocycles. The van der Waals surface area contributed by atoms with Crippen molar-refractivity contribution in [2.24, 2.45) is 5.92 Å². The van der Waals surface area contributed by atoms with Crippen LogP contribution in [0.1, 0.15) is 30.1 Å². The largest absolute Gasteiger partial charge is 0.380 e. The zero-order valence-electron chi connectivity index (χ0n) is 12.3. The molecule has 21 heavy (non-hydrogen) atoms. The number of hydrogen-bond acceptors (Lipinski definition) is 3. The summed E-state index contributed by atoms with van der Waals surface area (Å²) in [4.78, 5) is 26.9. The van der Waals surface area contributed by atoms with Crippen LogP contribution in [-0.2, 0) is 9.53 Å². The van der Waals surface area contributed by atoms with Crippen LogP contribution in [0.3, 0.4) is 0 Å². The molecule has 0 aromatic heterocycles. The number of para-hydroxylation sites is 1.